The summed E-state index contributed by atoms with van der Waals surface area (Å²) in [5.41, 5.74) is 0.257. The van der Waals surface area contributed by atoms with Crippen LogP contribution in [0.3, 0.4) is 0 Å². The molecule has 0 aliphatic heterocycles. The van der Waals surface area contributed by atoms with E-state index in [1.54, 1.807) is 0 Å². The fourth-order valence-corrected chi connectivity index (χ4v) is 2.10. The molecule has 3 aromatic rings. The van der Waals surface area contributed by atoms with Crippen LogP contribution in [0, 0.1) is 0 Å². The topological polar surface area (TPSA) is 80.6 Å². The first-order valence-electron chi connectivity index (χ1n) is 5.80. The second-order valence-corrected chi connectivity index (χ2v) is 4.58. The quantitative estimate of drug-likeness (QED) is 0.732. The largest absolute Gasteiger partial charge is 0.329 e. The van der Waals surface area contributed by atoms with E-state index >= 15 is 0 Å². The van der Waals surface area contributed by atoms with Gasteiger partial charge < -0.3 is 0 Å². The highest BCUT2D eigenvalue weighted by Crippen LogP contribution is 2.24. The third-order valence-corrected chi connectivity index (χ3v) is 3.20. The lowest BCUT2D eigenvalue weighted by Gasteiger charge is -2.05. The van der Waals surface area contributed by atoms with E-state index in [0.29, 0.717) is 5.69 Å². The van der Waals surface area contributed by atoms with Crippen molar-refractivity contribution < 1.29 is 0 Å². The van der Waals surface area contributed by atoms with E-state index in [-0.39, 0.29) is 16.3 Å². The van der Waals surface area contributed by atoms with Crippen LogP contribution in [0.4, 0.5) is 0 Å². The zero-order valence-corrected chi connectivity index (χ0v) is 11.2. The number of hydrogen-bond donors (Lipinski definition) is 1. The number of rotatable bonds is 1. The fourth-order valence-electron chi connectivity index (χ4n) is 1.87. The Balaban J connectivity index is 2.40. The van der Waals surface area contributed by atoms with Crippen molar-refractivity contribution in [2.45, 2.75) is 0 Å². The number of nitrogens with zero attached hydrogens (tertiary/aromatic N) is 3. The number of fused-ring (bicyclic) bond motifs is 1. The summed E-state index contributed by atoms with van der Waals surface area (Å²) in [6, 6.07) is 9.17. The molecule has 100 valence electrons. The Labute approximate surface area is 117 Å². The molecule has 0 aliphatic carbocycles. The Morgan fingerprint density at radius 3 is 2.55 bits per heavy atom. The summed E-state index contributed by atoms with van der Waals surface area (Å²) < 4.78 is 0.944. The van der Waals surface area contributed by atoms with Gasteiger partial charge in [0.2, 0.25) is 0 Å². The molecule has 0 spiro atoms. The second kappa shape index (κ2) is 4.57. The van der Waals surface area contributed by atoms with E-state index in [1.165, 1.54) is 7.05 Å². The number of H-pyrrole nitrogens is 1. The zero-order valence-electron chi connectivity index (χ0n) is 10.4. The molecule has 2 heterocycles. The van der Waals surface area contributed by atoms with E-state index in [4.69, 9.17) is 11.6 Å². The Morgan fingerprint density at radius 1 is 1.15 bits per heavy atom. The minimum Gasteiger partial charge on any atom is -0.290 e. The first kappa shape index (κ1) is 12.6. The second-order valence-electron chi connectivity index (χ2n) is 4.22. The molecule has 0 saturated heterocycles. The van der Waals surface area contributed by atoms with Crippen LogP contribution in [0.5, 0.6) is 0 Å². The van der Waals surface area contributed by atoms with Crippen molar-refractivity contribution in [1.82, 2.24) is 19.5 Å². The molecule has 20 heavy (non-hydrogen) atoms. The molecule has 0 aliphatic rings. The van der Waals surface area contributed by atoms with Crippen molar-refractivity contribution >= 4 is 22.8 Å². The van der Waals surface area contributed by atoms with Gasteiger partial charge in [0.25, 0.3) is 5.56 Å². The number of aromatic nitrogens is 4. The number of aromatic amines is 1. The van der Waals surface area contributed by atoms with Crippen LogP contribution in [-0.2, 0) is 7.05 Å². The van der Waals surface area contributed by atoms with Gasteiger partial charge in [-0.05, 0) is 0 Å². The van der Waals surface area contributed by atoms with Gasteiger partial charge in [-0.15, -0.1) is 0 Å². The minimum atomic E-state index is -0.555. The van der Waals surface area contributed by atoms with Crippen LogP contribution in [0.2, 0.25) is 5.15 Å². The molecule has 0 bridgehead atoms. The number of nitrogens with one attached hydrogen (secondary N) is 1. The minimum absolute atomic E-state index is 0.0790. The Kier molecular flexibility index (Phi) is 2.87. The first-order valence-corrected chi connectivity index (χ1v) is 6.17. The molecule has 0 amide bonds. The van der Waals surface area contributed by atoms with E-state index in [9.17, 15) is 9.59 Å². The van der Waals surface area contributed by atoms with Crippen LogP contribution in [-0.4, -0.2) is 19.5 Å². The van der Waals surface area contributed by atoms with Gasteiger partial charge in [-0.1, -0.05) is 41.9 Å². The molecule has 2 aromatic heterocycles. The standard InChI is InChI=1S/C13H9ClN4O2/c1-18-12(19)9-11(17-13(18)20)16-10(14)8(15-9)7-5-3-2-4-6-7/h2-6H,1H3,(H,16,17,20). The predicted octanol–water partition coefficient (Wildman–Crippen LogP) is 1.34. The van der Waals surface area contributed by atoms with Crippen molar-refractivity contribution in [3.8, 4) is 11.3 Å². The summed E-state index contributed by atoms with van der Waals surface area (Å²) in [4.78, 5) is 34.3. The molecular formula is C13H9ClN4O2. The molecule has 0 unspecified atom stereocenters. The average Bonchev–Trinajstić information content (AvgIpc) is 2.45. The zero-order chi connectivity index (χ0) is 14.3. The number of hydrogen-bond acceptors (Lipinski definition) is 4. The summed E-state index contributed by atoms with van der Waals surface area (Å²) in [5, 5.41) is 0.132. The third-order valence-electron chi connectivity index (χ3n) is 2.94. The van der Waals surface area contributed by atoms with Crippen LogP contribution < -0.4 is 11.2 Å². The van der Waals surface area contributed by atoms with E-state index in [2.05, 4.69) is 15.0 Å². The highest BCUT2D eigenvalue weighted by molar-refractivity contribution is 6.32. The summed E-state index contributed by atoms with van der Waals surface area (Å²) in [5.74, 6) is 0. The molecule has 1 aromatic carbocycles. The summed E-state index contributed by atoms with van der Waals surface area (Å²) >= 11 is 6.08. The summed E-state index contributed by atoms with van der Waals surface area (Å²) in [6.45, 7) is 0. The highest BCUT2D eigenvalue weighted by atomic mass is 35.5. The van der Waals surface area contributed by atoms with Crippen molar-refractivity contribution in [3.63, 3.8) is 0 Å². The van der Waals surface area contributed by atoms with Crippen LogP contribution >= 0.6 is 11.6 Å². The molecule has 0 saturated carbocycles. The molecule has 3 rings (SSSR count). The van der Waals surface area contributed by atoms with Crippen molar-refractivity contribution in [2.75, 3.05) is 0 Å². The molecule has 0 radical (unpaired) electrons. The molecule has 6 nitrogen and oxygen atoms in total. The van der Waals surface area contributed by atoms with Crippen molar-refractivity contribution in [3.05, 3.63) is 56.3 Å². The van der Waals surface area contributed by atoms with Gasteiger partial charge in [0.05, 0.1) is 0 Å². The van der Waals surface area contributed by atoms with E-state index in [1.807, 2.05) is 30.3 Å². The average molecular weight is 289 g/mol. The first-order chi connectivity index (χ1) is 9.58. The molecule has 0 atom stereocenters. The Hall–Kier alpha value is -2.47. The normalized spacial score (nSPS) is 10.9. The number of benzene rings is 1. The highest BCUT2D eigenvalue weighted by Gasteiger charge is 2.13. The van der Waals surface area contributed by atoms with Gasteiger partial charge in [0, 0.05) is 12.6 Å². The molecule has 1 N–H and O–H groups in total. The van der Waals surface area contributed by atoms with Gasteiger partial charge in [0.15, 0.2) is 16.3 Å². The molecule has 0 fully saturated rings. The van der Waals surface area contributed by atoms with Crippen molar-refractivity contribution in [1.29, 1.82) is 0 Å². The SMILES string of the molecule is Cn1c(=O)[nH]c2nc(Cl)c(-c3ccccc3)nc2c1=O. The van der Waals surface area contributed by atoms with Gasteiger partial charge in [-0.2, -0.15) is 0 Å². The third kappa shape index (κ3) is 1.90. The smallest absolute Gasteiger partial charge is 0.290 e. The maximum Gasteiger partial charge on any atom is 0.329 e. The summed E-state index contributed by atoms with van der Waals surface area (Å²) in [6.07, 6.45) is 0. The lowest BCUT2D eigenvalue weighted by molar-refractivity contribution is 0.787. The number of halogens is 1. The van der Waals surface area contributed by atoms with E-state index in [0.717, 1.165) is 10.1 Å². The van der Waals surface area contributed by atoms with Crippen molar-refractivity contribution in [2.24, 2.45) is 7.05 Å². The van der Waals surface area contributed by atoms with E-state index < -0.39 is 11.2 Å². The van der Waals surface area contributed by atoms with Crippen LogP contribution in [0.1, 0.15) is 0 Å². The maximum atomic E-state index is 12.0. The lowest BCUT2D eigenvalue weighted by Crippen LogP contribution is -2.33. The molecular weight excluding hydrogens is 280 g/mol. The summed E-state index contributed by atoms with van der Waals surface area (Å²) in [7, 11) is 1.37. The fraction of sp³-hybridized carbons (Fsp3) is 0.0769. The van der Waals surface area contributed by atoms with Gasteiger partial charge in [-0.3, -0.25) is 14.3 Å². The Bertz CT molecular complexity index is 915. The van der Waals surface area contributed by atoms with Crippen LogP contribution in [0.25, 0.3) is 22.4 Å². The van der Waals surface area contributed by atoms with Crippen LogP contribution in [0.15, 0.2) is 39.9 Å². The van der Waals surface area contributed by atoms with Gasteiger partial charge in [0.1, 0.15) is 5.69 Å². The van der Waals surface area contributed by atoms with Gasteiger partial charge >= 0.3 is 5.69 Å². The molecule has 7 heteroatoms. The monoisotopic (exact) mass is 288 g/mol. The predicted molar refractivity (Wildman–Crippen MR) is 75.8 cm³/mol. The lowest BCUT2D eigenvalue weighted by atomic mass is 10.2. The maximum absolute atomic E-state index is 12.0. The Morgan fingerprint density at radius 2 is 1.85 bits per heavy atom. The van der Waals surface area contributed by atoms with Gasteiger partial charge in [-0.25, -0.2) is 14.8 Å².